The van der Waals surface area contributed by atoms with Crippen molar-refractivity contribution in [1.29, 1.82) is 0 Å². The van der Waals surface area contributed by atoms with Crippen molar-refractivity contribution in [3.63, 3.8) is 0 Å². The van der Waals surface area contributed by atoms with E-state index in [1.165, 1.54) is 7.11 Å². The fraction of sp³-hybridized carbons (Fsp3) is 0.611. The van der Waals surface area contributed by atoms with Crippen molar-refractivity contribution in [3.05, 3.63) is 23.8 Å². The average Bonchev–Trinajstić information content (AvgIpc) is 2.62. The van der Waals surface area contributed by atoms with E-state index in [9.17, 15) is 8.78 Å². The molecule has 1 rings (SSSR count). The topological polar surface area (TPSA) is 64.1 Å². The van der Waals surface area contributed by atoms with E-state index in [1.54, 1.807) is 19.2 Å². The van der Waals surface area contributed by atoms with E-state index in [1.807, 2.05) is 13.0 Å². The summed E-state index contributed by atoms with van der Waals surface area (Å²) in [5, 5.41) is 6.42. The third kappa shape index (κ3) is 11.2. The number of nitrogens with zero attached hydrogens (tertiary/aromatic N) is 1. The molecule has 9 heteroatoms. The molecule has 0 aliphatic rings. The Kier molecular flexibility index (Phi) is 14.9. The monoisotopic (exact) mass is 501 g/mol. The second kappa shape index (κ2) is 15.7. The molecule has 156 valence electrons. The minimum Gasteiger partial charge on any atom is -0.493 e. The van der Waals surface area contributed by atoms with Gasteiger partial charge >= 0.3 is 6.61 Å². The largest absolute Gasteiger partial charge is 0.493 e. The van der Waals surface area contributed by atoms with Crippen LogP contribution in [-0.4, -0.2) is 53.0 Å². The molecule has 27 heavy (non-hydrogen) atoms. The molecule has 0 aliphatic carbocycles. The number of aliphatic imine (C=N–C) groups is 1. The minimum atomic E-state index is -2.89. The van der Waals surface area contributed by atoms with Crippen LogP contribution in [0, 0.1) is 0 Å². The Bertz CT molecular complexity index is 549. The maximum atomic E-state index is 12.5. The summed E-state index contributed by atoms with van der Waals surface area (Å²) in [6.45, 7) is 2.02. The van der Waals surface area contributed by atoms with Crippen molar-refractivity contribution in [1.82, 2.24) is 10.6 Å². The fourth-order valence-corrected chi connectivity index (χ4v) is 2.29. The molecule has 0 unspecified atom stereocenters. The van der Waals surface area contributed by atoms with Crippen molar-refractivity contribution in [2.24, 2.45) is 4.99 Å². The highest BCUT2D eigenvalue weighted by Crippen LogP contribution is 2.29. The van der Waals surface area contributed by atoms with Gasteiger partial charge in [0.1, 0.15) is 0 Å². The Morgan fingerprint density at radius 3 is 2.52 bits per heavy atom. The first-order valence-corrected chi connectivity index (χ1v) is 8.74. The van der Waals surface area contributed by atoms with Gasteiger partial charge in [0.05, 0.1) is 7.11 Å². The lowest BCUT2D eigenvalue weighted by atomic mass is 10.1. The molecule has 0 fully saturated rings. The standard InChI is InChI=1S/C18H29F2N3O3.HI/c1-4-25-12-6-5-10-22-18(21-2)23-11-9-14-7-8-15(24-3)16(13-14)26-17(19)20;/h7-8,13,17H,4-6,9-12H2,1-3H3,(H2,21,22,23);1H. The summed E-state index contributed by atoms with van der Waals surface area (Å²) in [5.74, 6) is 1.03. The SMILES string of the molecule is CCOCCCCNC(=NC)NCCc1ccc(OC)c(OC(F)F)c1.I. The number of ether oxygens (including phenoxy) is 3. The number of alkyl halides is 2. The van der Waals surface area contributed by atoms with Crippen molar-refractivity contribution < 1.29 is 23.0 Å². The predicted octanol–water partition coefficient (Wildman–Crippen LogP) is 3.44. The zero-order valence-electron chi connectivity index (χ0n) is 16.1. The van der Waals surface area contributed by atoms with Crippen LogP contribution in [0.4, 0.5) is 8.78 Å². The number of nitrogens with one attached hydrogen (secondary N) is 2. The van der Waals surface area contributed by atoms with Crippen LogP contribution >= 0.6 is 24.0 Å². The highest BCUT2D eigenvalue weighted by molar-refractivity contribution is 14.0. The summed E-state index contributed by atoms with van der Waals surface area (Å²) < 4.78 is 39.7. The minimum absolute atomic E-state index is 0. The van der Waals surface area contributed by atoms with E-state index >= 15 is 0 Å². The van der Waals surface area contributed by atoms with Crippen LogP contribution in [0.2, 0.25) is 0 Å². The first kappa shape index (κ1) is 25.6. The molecule has 0 aromatic heterocycles. The summed E-state index contributed by atoms with van der Waals surface area (Å²) in [6.07, 6.45) is 2.62. The van der Waals surface area contributed by atoms with Crippen LogP contribution in [0.15, 0.2) is 23.2 Å². The zero-order chi connectivity index (χ0) is 19.2. The predicted molar refractivity (Wildman–Crippen MR) is 114 cm³/mol. The number of benzene rings is 1. The first-order valence-electron chi connectivity index (χ1n) is 8.74. The highest BCUT2D eigenvalue weighted by Gasteiger charge is 2.11. The Labute approximate surface area is 177 Å². The third-order valence-electron chi connectivity index (χ3n) is 3.59. The Morgan fingerprint density at radius 2 is 1.89 bits per heavy atom. The molecule has 6 nitrogen and oxygen atoms in total. The molecule has 1 aromatic carbocycles. The molecule has 0 atom stereocenters. The van der Waals surface area contributed by atoms with Crippen LogP contribution in [-0.2, 0) is 11.2 Å². The van der Waals surface area contributed by atoms with Gasteiger partial charge in [-0.15, -0.1) is 24.0 Å². The summed E-state index contributed by atoms with van der Waals surface area (Å²) in [4.78, 5) is 4.16. The summed E-state index contributed by atoms with van der Waals surface area (Å²) in [7, 11) is 3.12. The summed E-state index contributed by atoms with van der Waals surface area (Å²) >= 11 is 0. The fourth-order valence-electron chi connectivity index (χ4n) is 2.29. The second-order valence-corrected chi connectivity index (χ2v) is 5.44. The Morgan fingerprint density at radius 1 is 1.15 bits per heavy atom. The average molecular weight is 501 g/mol. The molecule has 0 amide bonds. The van der Waals surface area contributed by atoms with Crippen molar-refractivity contribution in [2.45, 2.75) is 32.8 Å². The van der Waals surface area contributed by atoms with Gasteiger partial charge in [0.25, 0.3) is 0 Å². The molecular formula is C18H30F2IN3O3. The van der Waals surface area contributed by atoms with Gasteiger partial charge in [-0.1, -0.05) is 6.07 Å². The number of methoxy groups -OCH3 is 1. The van der Waals surface area contributed by atoms with E-state index in [0.717, 1.165) is 38.2 Å². The van der Waals surface area contributed by atoms with Crippen LogP contribution < -0.4 is 20.1 Å². The van der Waals surface area contributed by atoms with E-state index in [4.69, 9.17) is 9.47 Å². The zero-order valence-corrected chi connectivity index (χ0v) is 18.4. The van der Waals surface area contributed by atoms with Gasteiger partial charge in [-0.3, -0.25) is 4.99 Å². The molecular weight excluding hydrogens is 471 g/mol. The van der Waals surface area contributed by atoms with Crippen LogP contribution in [0.1, 0.15) is 25.3 Å². The number of hydrogen-bond acceptors (Lipinski definition) is 4. The summed E-state index contributed by atoms with van der Waals surface area (Å²) in [6, 6.07) is 5.01. The molecule has 0 saturated heterocycles. The van der Waals surface area contributed by atoms with Crippen LogP contribution in [0.5, 0.6) is 11.5 Å². The van der Waals surface area contributed by atoms with Crippen LogP contribution in [0.25, 0.3) is 0 Å². The quantitative estimate of drug-likeness (QED) is 0.199. The lowest BCUT2D eigenvalue weighted by molar-refractivity contribution is -0.0512. The highest BCUT2D eigenvalue weighted by atomic mass is 127. The number of guanidine groups is 1. The maximum absolute atomic E-state index is 12.5. The van der Waals surface area contributed by atoms with Gasteiger partial charge in [-0.25, -0.2) is 0 Å². The number of unbranched alkanes of at least 4 members (excludes halogenated alkanes) is 1. The molecule has 2 N–H and O–H groups in total. The van der Waals surface area contributed by atoms with Gasteiger partial charge in [0, 0.05) is 33.4 Å². The number of halogens is 3. The smallest absolute Gasteiger partial charge is 0.387 e. The van der Waals surface area contributed by atoms with Crippen molar-refractivity contribution in [3.8, 4) is 11.5 Å². The van der Waals surface area contributed by atoms with E-state index in [-0.39, 0.29) is 35.5 Å². The van der Waals surface area contributed by atoms with E-state index in [2.05, 4.69) is 20.4 Å². The first-order chi connectivity index (χ1) is 12.6. The molecule has 1 aromatic rings. The second-order valence-electron chi connectivity index (χ2n) is 5.44. The lowest BCUT2D eigenvalue weighted by Gasteiger charge is -2.13. The van der Waals surface area contributed by atoms with Crippen molar-refractivity contribution >= 4 is 29.9 Å². The lowest BCUT2D eigenvalue weighted by Crippen LogP contribution is -2.38. The van der Waals surface area contributed by atoms with Crippen molar-refractivity contribution in [2.75, 3.05) is 40.5 Å². The summed E-state index contributed by atoms with van der Waals surface area (Å²) in [5.41, 5.74) is 0.862. The molecule has 0 bridgehead atoms. The van der Waals surface area contributed by atoms with E-state index < -0.39 is 6.61 Å². The van der Waals surface area contributed by atoms with Gasteiger partial charge in [-0.05, 0) is 43.9 Å². The van der Waals surface area contributed by atoms with Crippen LogP contribution in [0.3, 0.4) is 0 Å². The van der Waals surface area contributed by atoms with Gasteiger partial charge in [0.15, 0.2) is 17.5 Å². The Balaban J connectivity index is 0.00000676. The molecule has 0 aliphatic heterocycles. The van der Waals surface area contributed by atoms with Gasteiger partial charge in [0.2, 0.25) is 0 Å². The van der Waals surface area contributed by atoms with Gasteiger partial charge < -0.3 is 24.8 Å². The third-order valence-corrected chi connectivity index (χ3v) is 3.59. The maximum Gasteiger partial charge on any atom is 0.387 e. The molecule has 0 heterocycles. The normalized spacial score (nSPS) is 11.1. The number of hydrogen-bond donors (Lipinski definition) is 2. The molecule has 0 spiro atoms. The van der Waals surface area contributed by atoms with E-state index in [0.29, 0.717) is 18.9 Å². The van der Waals surface area contributed by atoms with Gasteiger partial charge in [-0.2, -0.15) is 8.78 Å². The number of rotatable bonds is 12. The Hall–Kier alpha value is -1.36. The molecule has 0 radical (unpaired) electrons. The molecule has 0 saturated carbocycles.